The molecule has 0 aromatic heterocycles. The highest BCUT2D eigenvalue weighted by atomic mass is 32.2. The summed E-state index contributed by atoms with van der Waals surface area (Å²) >= 11 is 1.51. The lowest BCUT2D eigenvalue weighted by molar-refractivity contribution is -0.120. The number of hydrogen-bond acceptors (Lipinski definition) is 5. The van der Waals surface area contributed by atoms with Gasteiger partial charge < -0.3 is 15.5 Å². The van der Waals surface area contributed by atoms with Crippen molar-refractivity contribution in [2.45, 2.75) is 58.0 Å². The molecule has 5 rings (SSSR count). The molecular formula is C28H30N4O2S. The number of carbonyl (C=O) groups excluding carboxylic acids is 2. The lowest BCUT2D eigenvalue weighted by Gasteiger charge is -2.36. The number of allylic oxidation sites excluding steroid dienone is 1. The fourth-order valence-corrected chi connectivity index (χ4v) is 5.39. The summed E-state index contributed by atoms with van der Waals surface area (Å²) in [4.78, 5) is 33.2. The molecular weight excluding hydrogens is 456 g/mol. The molecule has 2 aromatic rings. The largest absolute Gasteiger partial charge is 0.353 e. The van der Waals surface area contributed by atoms with Crippen molar-refractivity contribution in [3.63, 3.8) is 0 Å². The maximum Gasteiger partial charge on any atom is 0.255 e. The second-order valence-electron chi connectivity index (χ2n) is 9.55. The van der Waals surface area contributed by atoms with Crippen molar-refractivity contribution < 1.29 is 9.59 Å². The first-order chi connectivity index (χ1) is 16.9. The van der Waals surface area contributed by atoms with E-state index in [1.165, 1.54) is 17.3 Å². The molecule has 0 radical (unpaired) electrons. The van der Waals surface area contributed by atoms with E-state index >= 15 is 0 Å². The second-order valence-corrected chi connectivity index (χ2v) is 10.4. The topological polar surface area (TPSA) is 73.8 Å². The van der Waals surface area contributed by atoms with Crippen LogP contribution in [0.1, 0.15) is 63.1 Å². The zero-order chi connectivity index (χ0) is 24.5. The van der Waals surface area contributed by atoms with Crippen molar-refractivity contribution in [1.29, 1.82) is 0 Å². The van der Waals surface area contributed by atoms with Crippen LogP contribution in [0, 0.1) is 0 Å². The Morgan fingerprint density at radius 2 is 1.80 bits per heavy atom. The predicted molar refractivity (Wildman–Crippen MR) is 142 cm³/mol. The van der Waals surface area contributed by atoms with Crippen LogP contribution >= 0.6 is 11.8 Å². The van der Waals surface area contributed by atoms with Gasteiger partial charge in [-0.25, -0.2) is 4.99 Å². The van der Waals surface area contributed by atoms with E-state index in [4.69, 9.17) is 4.99 Å². The van der Waals surface area contributed by atoms with Crippen molar-refractivity contribution >= 4 is 34.4 Å². The van der Waals surface area contributed by atoms with E-state index in [0.717, 1.165) is 35.0 Å². The van der Waals surface area contributed by atoms with E-state index in [9.17, 15) is 9.59 Å². The summed E-state index contributed by atoms with van der Waals surface area (Å²) in [5.74, 6) is 0.235. The van der Waals surface area contributed by atoms with E-state index in [1.807, 2.05) is 42.7 Å². The first kappa shape index (κ1) is 23.4. The maximum atomic E-state index is 13.6. The number of nitrogens with zero attached hydrogens (tertiary/aromatic N) is 2. The highest BCUT2D eigenvalue weighted by Crippen LogP contribution is 2.45. The standard InChI is InChI=1S/C28H30N4O2S/c1-17(2)19-9-11-20(12-10-19)26-25(27(34)31-21-7-5-4-6-8-21)18(3)29-28-32(26)23(16-35-28)15-24(33)30-22-13-14-22/h4-12,16-17,22,26H,13-15H2,1-3H3,(H,30,33)(H,31,34)/t26-/m0/s1. The van der Waals surface area contributed by atoms with Crippen molar-refractivity contribution in [3.05, 3.63) is 88.1 Å². The Balaban J connectivity index is 1.51. The molecule has 7 heteroatoms. The maximum absolute atomic E-state index is 13.6. The number of thioether (sulfide) groups is 1. The third kappa shape index (κ3) is 5.05. The minimum absolute atomic E-state index is 0.0102. The zero-order valence-electron chi connectivity index (χ0n) is 20.2. The van der Waals surface area contributed by atoms with Gasteiger partial charge in [0.05, 0.1) is 23.7 Å². The van der Waals surface area contributed by atoms with Gasteiger partial charge in [-0.3, -0.25) is 9.59 Å². The molecule has 0 bridgehead atoms. The molecule has 2 N–H and O–H groups in total. The Labute approximate surface area is 210 Å². The number of carbonyl (C=O) groups is 2. The minimum atomic E-state index is -0.373. The number of amidine groups is 1. The van der Waals surface area contributed by atoms with Crippen LogP contribution in [-0.4, -0.2) is 27.9 Å². The molecule has 2 amide bonds. The van der Waals surface area contributed by atoms with Crippen LogP contribution in [0.3, 0.4) is 0 Å². The fourth-order valence-electron chi connectivity index (χ4n) is 4.43. The Morgan fingerprint density at radius 3 is 2.46 bits per heavy atom. The number of para-hydroxylation sites is 1. The van der Waals surface area contributed by atoms with Crippen molar-refractivity contribution in [2.75, 3.05) is 5.32 Å². The first-order valence-electron chi connectivity index (χ1n) is 12.1. The van der Waals surface area contributed by atoms with E-state index in [-0.39, 0.29) is 24.3 Å². The van der Waals surface area contributed by atoms with Gasteiger partial charge in [0.15, 0.2) is 5.17 Å². The Kier molecular flexibility index (Phi) is 6.52. The van der Waals surface area contributed by atoms with Gasteiger partial charge in [0, 0.05) is 17.4 Å². The summed E-state index contributed by atoms with van der Waals surface area (Å²) in [5, 5.41) is 8.91. The van der Waals surface area contributed by atoms with Gasteiger partial charge >= 0.3 is 0 Å². The van der Waals surface area contributed by atoms with Crippen molar-refractivity contribution in [1.82, 2.24) is 10.2 Å². The van der Waals surface area contributed by atoms with Gasteiger partial charge in [0.25, 0.3) is 5.91 Å². The van der Waals surface area contributed by atoms with Crippen LogP contribution in [-0.2, 0) is 9.59 Å². The van der Waals surface area contributed by atoms with Gasteiger partial charge in [-0.1, -0.05) is 68.1 Å². The van der Waals surface area contributed by atoms with Crippen molar-refractivity contribution in [2.24, 2.45) is 4.99 Å². The lowest BCUT2D eigenvalue weighted by Crippen LogP contribution is -2.39. The second kappa shape index (κ2) is 9.74. The highest BCUT2D eigenvalue weighted by molar-refractivity contribution is 8.16. The van der Waals surface area contributed by atoms with Crippen LogP contribution in [0.25, 0.3) is 0 Å². The molecule has 1 atom stereocenters. The molecule has 2 aromatic carbocycles. The molecule has 1 saturated carbocycles. The number of rotatable bonds is 7. The van der Waals surface area contributed by atoms with Gasteiger partial charge in [0.2, 0.25) is 5.91 Å². The molecule has 0 spiro atoms. The predicted octanol–water partition coefficient (Wildman–Crippen LogP) is 5.69. The zero-order valence-corrected chi connectivity index (χ0v) is 21.1. The third-order valence-corrected chi connectivity index (χ3v) is 7.37. The molecule has 180 valence electrons. The Hall–Kier alpha value is -3.32. The molecule has 3 aliphatic rings. The summed E-state index contributed by atoms with van der Waals surface area (Å²) < 4.78 is 0. The number of nitrogens with one attached hydrogen (secondary N) is 2. The van der Waals surface area contributed by atoms with Gasteiger partial charge in [-0.15, -0.1) is 0 Å². The van der Waals surface area contributed by atoms with Gasteiger partial charge in [0.1, 0.15) is 0 Å². The van der Waals surface area contributed by atoms with Crippen LogP contribution < -0.4 is 10.6 Å². The monoisotopic (exact) mass is 486 g/mol. The van der Waals surface area contributed by atoms with E-state index in [0.29, 0.717) is 23.2 Å². The minimum Gasteiger partial charge on any atom is -0.353 e. The van der Waals surface area contributed by atoms with Crippen LogP contribution in [0.4, 0.5) is 5.69 Å². The van der Waals surface area contributed by atoms with Gasteiger partial charge in [-0.2, -0.15) is 0 Å². The average Bonchev–Trinajstić information content (AvgIpc) is 3.57. The van der Waals surface area contributed by atoms with Crippen LogP contribution in [0.2, 0.25) is 0 Å². The van der Waals surface area contributed by atoms with Crippen molar-refractivity contribution in [3.8, 4) is 0 Å². The first-order valence-corrected chi connectivity index (χ1v) is 13.0. The summed E-state index contributed by atoms with van der Waals surface area (Å²) in [6.07, 6.45) is 2.36. The number of fused-ring (bicyclic) bond motifs is 1. The van der Waals surface area contributed by atoms with Gasteiger partial charge in [-0.05, 0) is 54.4 Å². The molecule has 1 fully saturated rings. The smallest absolute Gasteiger partial charge is 0.255 e. The van der Waals surface area contributed by atoms with E-state index in [1.54, 1.807) is 0 Å². The molecule has 35 heavy (non-hydrogen) atoms. The molecule has 0 saturated heterocycles. The number of anilines is 1. The number of hydrogen-bond donors (Lipinski definition) is 2. The normalized spacial score (nSPS) is 19.3. The lowest BCUT2D eigenvalue weighted by atomic mass is 9.91. The summed E-state index contributed by atoms with van der Waals surface area (Å²) in [6.45, 7) is 6.22. The number of aliphatic imine (C=N–C) groups is 1. The SMILES string of the molecule is CC1=C(C(=O)Nc2ccccc2)[C@H](c2ccc(C(C)C)cc2)N2C(CC(=O)NC3CC3)=CSC2=N1. The summed E-state index contributed by atoms with van der Waals surface area (Å²) in [6, 6.07) is 17.8. The highest BCUT2D eigenvalue weighted by Gasteiger charge is 2.40. The van der Waals surface area contributed by atoms with E-state index < -0.39 is 0 Å². The number of amides is 2. The number of benzene rings is 2. The molecule has 6 nitrogen and oxygen atoms in total. The Morgan fingerprint density at radius 1 is 1.09 bits per heavy atom. The molecule has 0 unspecified atom stereocenters. The Bertz CT molecular complexity index is 1230. The average molecular weight is 487 g/mol. The van der Waals surface area contributed by atoms with Crippen LogP contribution in [0.15, 0.2) is 82.0 Å². The molecule has 2 heterocycles. The van der Waals surface area contributed by atoms with Crippen LogP contribution in [0.5, 0.6) is 0 Å². The fraction of sp³-hybridized carbons (Fsp3) is 0.321. The quantitative estimate of drug-likeness (QED) is 0.527. The summed E-state index contributed by atoms with van der Waals surface area (Å²) in [5.41, 5.74) is 5.11. The van der Waals surface area contributed by atoms with E-state index in [2.05, 4.69) is 53.6 Å². The summed E-state index contributed by atoms with van der Waals surface area (Å²) in [7, 11) is 0. The molecule has 2 aliphatic heterocycles. The molecule has 1 aliphatic carbocycles. The third-order valence-electron chi connectivity index (χ3n) is 6.48.